The second kappa shape index (κ2) is 11.9. The molecule has 0 N–H and O–H groups in total. The molecule has 0 spiro atoms. The van der Waals surface area contributed by atoms with Gasteiger partial charge in [-0.25, -0.2) is 15.0 Å². The molecule has 0 aliphatic heterocycles. The summed E-state index contributed by atoms with van der Waals surface area (Å²) >= 11 is 0. The Balaban J connectivity index is 1.25. The van der Waals surface area contributed by atoms with Crippen LogP contribution in [0.4, 0.5) is 0 Å². The molecular weight excluding hydrogens is 597 g/mol. The van der Waals surface area contributed by atoms with E-state index in [9.17, 15) is 0 Å². The minimum atomic E-state index is -0.509. The van der Waals surface area contributed by atoms with Gasteiger partial charge >= 0.3 is 0 Å². The van der Waals surface area contributed by atoms with Gasteiger partial charge in [0.05, 0.1) is 5.41 Å². The summed E-state index contributed by atoms with van der Waals surface area (Å²) in [5.41, 5.74) is 11.9. The standard InChI is InChI=1S/C45H30N4/c1-4-12-33(13-5-1)42-47-43(34-22-20-31(21-23-34)32-26-28-46-29-27-32)49-44(48-42)35-24-25-39-38-18-10-11-19-40(38)45(41(39)30-35,36-14-6-2-7-15-36)37-16-8-3-9-17-37/h1-30H. The number of aromatic nitrogens is 4. The van der Waals surface area contributed by atoms with E-state index < -0.39 is 5.41 Å². The maximum atomic E-state index is 5.14. The molecule has 0 bridgehead atoms. The first-order valence-corrected chi connectivity index (χ1v) is 16.5. The average molecular weight is 627 g/mol. The summed E-state index contributed by atoms with van der Waals surface area (Å²) in [6, 6.07) is 59.7. The maximum Gasteiger partial charge on any atom is 0.164 e. The molecule has 1 aliphatic rings. The summed E-state index contributed by atoms with van der Waals surface area (Å²) in [5.74, 6) is 1.90. The summed E-state index contributed by atoms with van der Waals surface area (Å²) < 4.78 is 0. The molecule has 2 aromatic heterocycles. The Kier molecular flexibility index (Phi) is 6.98. The van der Waals surface area contributed by atoms with Crippen LogP contribution in [0, 0.1) is 0 Å². The van der Waals surface area contributed by atoms with Gasteiger partial charge in [-0.3, -0.25) is 4.98 Å². The summed E-state index contributed by atoms with van der Waals surface area (Å²) in [5, 5.41) is 0. The van der Waals surface area contributed by atoms with E-state index in [0.29, 0.717) is 17.5 Å². The van der Waals surface area contributed by atoms with Crippen molar-refractivity contribution in [1.82, 2.24) is 19.9 Å². The number of hydrogen-bond acceptors (Lipinski definition) is 4. The molecule has 4 nitrogen and oxygen atoms in total. The normalized spacial score (nSPS) is 12.7. The molecule has 2 heterocycles. The van der Waals surface area contributed by atoms with Crippen molar-refractivity contribution >= 4 is 0 Å². The van der Waals surface area contributed by atoms with Gasteiger partial charge in [-0.1, -0.05) is 152 Å². The smallest absolute Gasteiger partial charge is 0.164 e. The van der Waals surface area contributed by atoms with Gasteiger partial charge in [-0.15, -0.1) is 0 Å². The quantitative estimate of drug-likeness (QED) is 0.184. The van der Waals surface area contributed by atoms with Crippen LogP contribution in [0.15, 0.2) is 182 Å². The fourth-order valence-corrected chi connectivity index (χ4v) is 7.29. The van der Waals surface area contributed by atoms with Crippen molar-refractivity contribution in [2.75, 3.05) is 0 Å². The van der Waals surface area contributed by atoms with E-state index in [4.69, 9.17) is 15.0 Å². The van der Waals surface area contributed by atoms with Crippen LogP contribution >= 0.6 is 0 Å². The minimum Gasteiger partial charge on any atom is -0.265 e. The molecule has 0 unspecified atom stereocenters. The zero-order chi connectivity index (χ0) is 32.6. The third kappa shape index (κ3) is 4.85. The fraction of sp³-hybridized carbons (Fsp3) is 0.0222. The van der Waals surface area contributed by atoms with Crippen molar-refractivity contribution in [3.63, 3.8) is 0 Å². The first-order chi connectivity index (χ1) is 24.3. The van der Waals surface area contributed by atoms with E-state index in [1.54, 1.807) is 0 Å². The van der Waals surface area contributed by atoms with E-state index in [0.717, 1.165) is 27.8 Å². The Labute approximate surface area is 285 Å². The molecule has 0 saturated heterocycles. The predicted octanol–water partition coefficient (Wildman–Crippen LogP) is 10.3. The molecular formula is C45H30N4. The molecule has 0 fully saturated rings. The second-order valence-electron chi connectivity index (χ2n) is 12.3. The first-order valence-electron chi connectivity index (χ1n) is 16.5. The van der Waals surface area contributed by atoms with Gasteiger partial charge in [0, 0.05) is 29.1 Å². The monoisotopic (exact) mass is 626 g/mol. The molecule has 9 rings (SSSR count). The van der Waals surface area contributed by atoms with Gasteiger partial charge in [0.25, 0.3) is 0 Å². The van der Waals surface area contributed by atoms with Crippen molar-refractivity contribution in [3.8, 4) is 56.4 Å². The highest BCUT2D eigenvalue weighted by Crippen LogP contribution is 2.56. The minimum absolute atomic E-state index is 0.509. The van der Waals surface area contributed by atoms with Gasteiger partial charge in [-0.05, 0) is 62.7 Å². The van der Waals surface area contributed by atoms with Gasteiger partial charge in [0.2, 0.25) is 0 Å². The molecule has 230 valence electrons. The van der Waals surface area contributed by atoms with Crippen molar-refractivity contribution in [2.45, 2.75) is 5.41 Å². The van der Waals surface area contributed by atoms with E-state index in [1.807, 2.05) is 54.9 Å². The Morgan fingerprint density at radius 2 is 0.776 bits per heavy atom. The van der Waals surface area contributed by atoms with Crippen LogP contribution in [-0.2, 0) is 5.41 Å². The van der Waals surface area contributed by atoms with Gasteiger partial charge < -0.3 is 0 Å². The number of fused-ring (bicyclic) bond motifs is 3. The molecule has 0 radical (unpaired) electrons. The van der Waals surface area contributed by atoms with Crippen LogP contribution in [0.2, 0.25) is 0 Å². The van der Waals surface area contributed by atoms with Crippen LogP contribution in [-0.4, -0.2) is 19.9 Å². The van der Waals surface area contributed by atoms with Crippen LogP contribution in [0.25, 0.3) is 56.4 Å². The lowest BCUT2D eigenvalue weighted by atomic mass is 9.67. The molecule has 6 aromatic carbocycles. The zero-order valence-electron chi connectivity index (χ0n) is 26.6. The van der Waals surface area contributed by atoms with E-state index >= 15 is 0 Å². The molecule has 0 saturated carbocycles. The largest absolute Gasteiger partial charge is 0.265 e. The van der Waals surface area contributed by atoms with Gasteiger partial charge in [-0.2, -0.15) is 0 Å². The van der Waals surface area contributed by atoms with E-state index in [-0.39, 0.29) is 0 Å². The van der Waals surface area contributed by atoms with Crippen molar-refractivity contribution in [2.24, 2.45) is 0 Å². The fourth-order valence-electron chi connectivity index (χ4n) is 7.29. The molecule has 8 aromatic rings. The molecule has 1 aliphatic carbocycles. The number of nitrogens with zero attached hydrogens (tertiary/aromatic N) is 4. The first kappa shape index (κ1) is 28.7. The zero-order valence-corrected chi connectivity index (χ0v) is 26.6. The van der Waals surface area contributed by atoms with Gasteiger partial charge in [0.1, 0.15) is 0 Å². The second-order valence-corrected chi connectivity index (χ2v) is 12.3. The number of hydrogen-bond donors (Lipinski definition) is 0. The molecule has 0 amide bonds. The van der Waals surface area contributed by atoms with E-state index in [2.05, 4.69) is 132 Å². The highest BCUT2D eigenvalue weighted by molar-refractivity contribution is 5.88. The van der Waals surface area contributed by atoms with Crippen LogP contribution in [0.1, 0.15) is 22.3 Å². The topological polar surface area (TPSA) is 51.6 Å². The lowest BCUT2D eigenvalue weighted by Gasteiger charge is -2.34. The lowest BCUT2D eigenvalue weighted by molar-refractivity contribution is 0.768. The Morgan fingerprint density at radius 3 is 1.41 bits per heavy atom. The Morgan fingerprint density at radius 1 is 0.327 bits per heavy atom. The molecule has 49 heavy (non-hydrogen) atoms. The van der Waals surface area contributed by atoms with Crippen molar-refractivity contribution in [3.05, 3.63) is 205 Å². The lowest BCUT2D eigenvalue weighted by Crippen LogP contribution is -2.28. The van der Waals surface area contributed by atoms with Gasteiger partial charge in [0.15, 0.2) is 17.5 Å². The van der Waals surface area contributed by atoms with Crippen LogP contribution in [0.5, 0.6) is 0 Å². The predicted molar refractivity (Wildman–Crippen MR) is 197 cm³/mol. The number of rotatable bonds is 6. The Bertz CT molecular complexity index is 2370. The summed E-state index contributed by atoms with van der Waals surface area (Å²) in [6.07, 6.45) is 3.63. The van der Waals surface area contributed by atoms with Crippen LogP contribution in [0.3, 0.4) is 0 Å². The third-order valence-electron chi connectivity index (χ3n) is 9.54. The summed E-state index contributed by atoms with van der Waals surface area (Å²) in [6.45, 7) is 0. The van der Waals surface area contributed by atoms with E-state index in [1.165, 1.54) is 33.4 Å². The number of pyridine rings is 1. The summed E-state index contributed by atoms with van der Waals surface area (Å²) in [7, 11) is 0. The Hall–Kier alpha value is -6.52. The van der Waals surface area contributed by atoms with Crippen molar-refractivity contribution in [1.29, 1.82) is 0 Å². The molecule has 4 heteroatoms. The maximum absolute atomic E-state index is 5.14. The highest BCUT2D eigenvalue weighted by atomic mass is 15.0. The van der Waals surface area contributed by atoms with Crippen molar-refractivity contribution < 1.29 is 0 Å². The SMILES string of the molecule is c1ccc(-c2nc(-c3ccc(-c4ccncc4)cc3)nc(-c3ccc4c(c3)C(c3ccccc3)(c3ccccc3)c3ccccc3-4)n2)cc1. The molecule has 0 atom stereocenters. The third-order valence-corrected chi connectivity index (χ3v) is 9.54. The highest BCUT2D eigenvalue weighted by Gasteiger charge is 2.46. The average Bonchev–Trinajstić information content (AvgIpc) is 3.49. The summed E-state index contributed by atoms with van der Waals surface area (Å²) in [4.78, 5) is 19.4. The number of benzene rings is 6. The van der Waals surface area contributed by atoms with Crippen LogP contribution < -0.4 is 0 Å².